The quantitative estimate of drug-likeness (QED) is 0.656. The number of benzene rings is 1. The lowest BCUT2D eigenvalue weighted by Gasteiger charge is -2.22. The van der Waals surface area contributed by atoms with Gasteiger partial charge in [-0.3, -0.25) is 0 Å². The topological polar surface area (TPSA) is 18.5 Å². The Hall–Kier alpha value is -1.02. The smallest absolute Gasteiger partial charge is 0.119 e. The molecule has 70 valence electrons. The highest BCUT2D eigenvalue weighted by atomic mass is 16.5. The molecule has 0 N–H and O–H groups in total. The van der Waals surface area contributed by atoms with Crippen LogP contribution in [0.5, 0.6) is 5.75 Å². The first-order valence-electron chi connectivity index (χ1n) is 4.57. The lowest BCUT2D eigenvalue weighted by Crippen LogP contribution is -2.18. The van der Waals surface area contributed by atoms with Gasteiger partial charge in [0.05, 0.1) is 19.8 Å². The standard InChI is InChI=1S/C11H14O2/c1-8-5-10-6-11(12-2)4-3-9(10)7-13-8/h3-4,6,8H,5,7H2,1-2H3/t8-/m0/s1. The summed E-state index contributed by atoms with van der Waals surface area (Å²) in [6.07, 6.45) is 1.33. The van der Waals surface area contributed by atoms with Crippen molar-refractivity contribution in [2.45, 2.75) is 26.1 Å². The van der Waals surface area contributed by atoms with Gasteiger partial charge in [-0.2, -0.15) is 0 Å². The predicted molar refractivity (Wildman–Crippen MR) is 50.9 cm³/mol. The molecule has 1 heterocycles. The predicted octanol–water partition coefficient (Wildman–Crippen LogP) is 2.16. The zero-order valence-electron chi connectivity index (χ0n) is 8.04. The molecule has 0 spiro atoms. The highest BCUT2D eigenvalue weighted by Crippen LogP contribution is 2.24. The lowest BCUT2D eigenvalue weighted by atomic mass is 10.00. The summed E-state index contributed by atoms with van der Waals surface area (Å²) in [4.78, 5) is 0. The summed E-state index contributed by atoms with van der Waals surface area (Å²) < 4.78 is 10.7. The van der Waals surface area contributed by atoms with Crippen molar-refractivity contribution in [2.24, 2.45) is 0 Å². The van der Waals surface area contributed by atoms with Crippen molar-refractivity contribution in [3.05, 3.63) is 29.3 Å². The molecule has 0 unspecified atom stereocenters. The van der Waals surface area contributed by atoms with Crippen LogP contribution >= 0.6 is 0 Å². The summed E-state index contributed by atoms with van der Waals surface area (Å²) in [6.45, 7) is 2.84. The normalized spacial score (nSPS) is 20.9. The molecule has 0 saturated heterocycles. The van der Waals surface area contributed by atoms with Gasteiger partial charge in [0.15, 0.2) is 0 Å². The van der Waals surface area contributed by atoms with Crippen molar-refractivity contribution in [1.29, 1.82) is 0 Å². The average molecular weight is 178 g/mol. The van der Waals surface area contributed by atoms with E-state index in [0.717, 1.165) is 18.8 Å². The van der Waals surface area contributed by atoms with Crippen molar-refractivity contribution in [1.82, 2.24) is 0 Å². The Morgan fingerprint density at radius 1 is 1.38 bits per heavy atom. The molecule has 1 aromatic rings. The minimum absolute atomic E-state index is 0.333. The molecule has 1 aromatic carbocycles. The van der Waals surface area contributed by atoms with E-state index in [1.54, 1.807) is 7.11 Å². The Morgan fingerprint density at radius 3 is 3.00 bits per heavy atom. The van der Waals surface area contributed by atoms with Gasteiger partial charge in [-0.1, -0.05) is 6.07 Å². The van der Waals surface area contributed by atoms with Crippen molar-refractivity contribution < 1.29 is 9.47 Å². The van der Waals surface area contributed by atoms with Crippen molar-refractivity contribution >= 4 is 0 Å². The van der Waals surface area contributed by atoms with E-state index >= 15 is 0 Å². The largest absolute Gasteiger partial charge is 0.497 e. The molecule has 0 radical (unpaired) electrons. The summed E-state index contributed by atoms with van der Waals surface area (Å²) >= 11 is 0. The molecule has 1 aliphatic heterocycles. The van der Waals surface area contributed by atoms with Gasteiger partial charge in [0.1, 0.15) is 5.75 Å². The molecule has 2 nitrogen and oxygen atoms in total. The van der Waals surface area contributed by atoms with Gasteiger partial charge in [0.25, 0.3) is 0 Å². The van der Waals surface area contributed by atoms with E-state index in [1.165, 1.54) is 11.1 Å². The molecule has 0 aromatic heterocycles. The third kappa shape index (κ3) is 1.68. The molecule has 13 heavy (non-hydrogen) atoms. The van der Waals surface area contributed by atoms with Gasteiger partial charge in [-0.05, 0) is 36.6 Å². The minimum Gasteiger partial charge on any atom is -0.497 e. The maximum Gasteiger partial charge on any atom is 0.119 e. The van der Waals surface area contributed by atoms with E-state index in [2.05, 4.69) is 19.1 Å². The number of hydrogen-bond acceptors (Lipinski definition) is 2. The third-order valence-corrected chi connectivity index (χ3v) is 2.44. The zero-order chi connectivity index (χ0) is 9.26. The average Bonchev–Trinajstić information content (AvgIpc) is 2.16. The van der Waals surface area contributed by atoms with Gasteiger partial charge >= 0.3 is 0 Å². The van der Waals surface area contributed by atoms with E-state index in [0.29, 0.717) is 6.10 Å². The second-order valence-corrected chi connectivity index (χ2v) is 3.46. The van der Waals surface area contributed by atoms with E-state index in [1.807, 2.05) is 6.07 Å². The van der Waals surface area contributed by atoms with E-state index < -0.39 is 0 Å². The first-order valence-corrected chi connectivity index (χ1v) is 4.57. The van der Waals surface area contributed by atoms with E-state index in [4.69, 9.17) is 9.47 Å². The first kappa shape index (κ1) is 8.57. The molecule has 0 bridgehead atoms. The van der Waals surface area contributed by atoms with Gasteiger partial charge in [0, 0.05) is 0 Å². The van der Waals surface area contributed by atoms with Gasteiger partial charge < -0.3 is 9.47 Å². The van der Waals surface area contributed by atoms with Crippen LogP contribution < -0.4 is 4.74 Å². The summed E-state index contributed by atoms with van der Waals surface area (Å²) in [5, 5.41) is 0. The highest BCUT2D eigenvalue weighted by Gasteiger charge is 2.15. The zero-order valence-corrected chi connectivity index (χ0v) is 8.04. The fourth-order valence-corrected chi connectivity index (χ4v) is 1.66. The fourth-order valence-electron chi connectivity index (χ4n) is 1.66. The molecule has 0 amide bonds. The Bertz CT molecular complexity index is 307. The van der Waals surface area contributed by atoms with Crippen LogP contribution in [0.2, 0.25) is 0 Å². The first-order chi connectivity index (χ1) is 6.29. The summed E-state index contributed by atoms with van der Waals surface area (Å²) in [6, 6.07) is 6.17. The fraction of sp³-hybridized carbons (Fsp3) is 0.455. The molecular formula is C11H14O2. The molecule has 0 fully saturated rings. The molecule has 2 rings (SSSR count). The van der Waals surface area contributed by atoms with Crippen molar-refractivity contribution in [2.75, 3.05) is 7.11 Å². The van der Waals surface area contributed by atoms with Crippen LogP contribution in [0.3, 0.4) is 0 Å². The Morgan fingerprint density at radius 2 is 2.23 bits per heavy atom. The van der Waals surface area contributed by atoms with Crippen LogP contribution in [0.15, 0.2) is 18.2 Å². The number of rotatable bonds is 1. The maximum atomic E-state index is 5.54. The number of fused-ring (bicyclic) bond motifs is 1. The summed E-state index contributed by atoms with van der Waals surface area (Å²) in [7, 11) is 1.70. The molecule has 0 aliphatic carbocycles. The Balaban J connectivity index is 2.32. The summed E-state index contributed by atoms with van der Waals surface area (Å²) in [5.74, 6) is 0.938. The SMILES string of the molecule is COc1ccc2c(c1)C[C@H](C)OC2. The lowest BCUT2D eigenvalue weighted by molar-refractivity contribution is 0.0409. The van der Waals surface area contributed by atoms with Gasteiger partial charge in [-0.25, -0.2) is 0 Å². The molecule has 1 aliphatic rings. The minimum atomic E-state index is 0.333. The second-order valence-electron chi connectivity index (χ2n) is 3.46. The monoisotopic (exact) mass is 178 g/mol. The van der Waals surface area contributed by atoms with Crippen LogP contribution in [0.4, 0.5) is 0 Å². The number of hydrogen-bond donors (Lipinski definition) is 0. The van der Waals surface area contributed by atoms with Gasteiger partial charge in [0.2, 0.25) is 0 Å². The Kier molecular flexibility index (Phi) is 2.23. The van der Waals surface area contributed by atoms with Crippen LogP contribution in [0.1, 0.15) is 18.1 Å². The van der Waals surface area contributed by atoms with Crippen LogP contribution in [0, 0.1) is 0 Å². The third-order valence-electron chi connectivity index (χ3n) is 2.44. The highest BCUT2D eigenvalue weighted by molar-refractivity contribution is 5.36. The van der Waals surface area contributed by atoms with E-state index in [9.17, 15) is 0 Å². The maximum absolute atomic E-state index is 5.54. The van der Waals surface area contributed by atoms with Gasteiger partial charge in [-0.15, -0.1) is 0 Å². The number of ether oxygens (including phenoxy) is 2. The second kappa shape index (κ2) is 3.38. The summed E-state index contributed by atoms with van der Waals surface area (Å²) in [5.41, 5.74) is 2.65. The number of methoxy groups -OCH3 is 1. The van der Waals surface area contributed by atoms with Crippen molar-refractivity contribution in [3.63, 3.8) is 0 Å². The van der Waals surface area contributed by atoms with Crippen molar-refractivity contribution in [3.8, 4) is 5.75 Å². The van der Waals surface area contributed by atoms with Crippen LogP contribution in [0.25, 0.3) is 0 Å². The molecule has 1 atom stereocenters. The Labute approximate surface area is 78.5 Å². The van der Waals surface area contributed by atoms with Crippen LogP contribution in [-0.4, -0.2) is 13.2 Å². The molecule has 0 saturated carbocycles. The van der Waals surface area contributed by atoms with Crippen LogP contribution in [-0.2, 0) is 17.8 Å². The molecule has 2 heteroatoms. The molecular weight excluding hydrogens is 164 g/mol. The van der Waals surface area contributed by atoms with E-state index in [-0.39, 0.29) is 0 Å².